The van der Waals surface area contributed by atoms with Crippen molar-refractivity contribution in [3.05, 3.63) is 58.4 Å². The molecule has 6 heteroatoms. The number of para-hydroxylation sites is 1. The summed E-state index contributed by atoms with van der Waals surface area (Å²) in [7, 11) is 0. The van der Waals surface area contributed by atoms with Crippen LogP contribution < -0.4 is 5.32 Å². The average Bonchev–Trinajstić information content (AvgIpc) is 3.10. The van der Waals surface area contributed by atoms with E-state index in [9.17, 15) is 4.79 Å². The number of hydrogen-bond donors (Lipinski definition) is 1. The molecule has 1 N–H and O–H groups in total. The Labute approximate surface area is 139 Å². The molecule has 118 valence electrons. The van der Waals surface area contributed by atoms with Crippen molar-refractivity contribution in [2.24, 2.45) is 0 Å². The van der Waals surface area contributed by atoms with Crippen molar-refractivity contribution in [3.63, 3.8) is 0 Å². The van der Waals surface area contributed by atoms with Gasteiger partial charge in [0.25, 0.3) is 5.91 Å². The van der Waals surface area contributed by atoms with Crippen LogP contribution in [0.5, 0.6) is 0 Å². The van der Waals surface area contributed by atoms with Crippen LogP contribution in [0.25, 0.3) is 5.69 Å². The van der Waals surface area contributed by atoms with Gasteiger partial charge in [-0.2, -0.15) is 5.10 Å². The molecule has 0 spiro atoms. The van der Waals surface area contributed by atoms with Crippen molar-refractivity contribution in [2.45, 2.75) is 27.2 Å². The van der Waals surface area contributed by atoms with Gasteiger partial charge in [0.15, 0.2) is 5.13 Å². The topological polar surface area (TPSA) is 59.8 Å². The number of carbonyl (C=O) groups excluding carboxylic acids is 1. The van der Waals surface area contributed by atoms with Crippen LogP contribution in [0, 0.1) is 13.8 Å². The molecule has 0 radical (unpaired) electrons. The number of nitrogens with zero attached hydrogens (tertiary/aromatic N) is 3. The van der Waals surface area contributed by atoms with Gasteiger partial charge in [0.1, 0.15) is 0 Å². The predicted octanol–water partition coefficient (Wildman–Crippen LogP) is 3.76. The van der Waals surface area contributed by atoms with Gasteiger partial charge in [-0.3, -0.25) is 10.1 Å². The summed E-state index contributed by atoms with van der Waals surface area (Å²) in [4.78, 5) is 18.1. The first-order chi connectivity index (χ1) is 11.1. The number of aromatic nitrogens is 3. The highest BCUT2D eigenvalue weighted by atomic mass is 32.1. The maximum absolute atomic E-state index is 12.5. The van der Waals surface area contributed by atoms with Crippen LogP contribution in [0.4, 0.5) is 5.13 Å². The van der Waals surface area contributed by atoms with Gasteiger partial charge in [-0.25, -0.2) is 9.67 Å². The first-order valence-corrected chi connectivity index (χ1v) is 8.29. The summed E-state index contributed by atoms with van der Waals surface area (Å²) in [5, 5.41) is 7.84. The second-order valence-electron chi connectivity index (χ2n) is 5.22. The Kier molecular flexibility index (Phi) is 4.25. The zero-order valence-electron chi connectivity index (χ0n) is 13.3. The van der Waals surface area contributed by atoms with E-state index in [0.29, 0.717) is 10.7 Å². The van der Waals surface area contributed by atoms with Crippen LogP contribution in [0.1, 0.15) is 33.5 Å². The van der Waals surface area contributed by atoms with Crippen LogP contribution >= 0.6 is 11.3 Å². The van der Waals surface area contributed by atoms with E-state index in [4.69, 9.17) is 0 Å². The Morgan fingerprint density at radius 1 is 1.26 bits per heavy atom. The van der Waals surface area contributed by atoms with E-state index in [0.717, 1.165) is 28.4 Å². The number of carbonyl (C=O) groups is 1. The van der Waals surface area contributed by atoms with Gasteiger partial charge < -0.3 is 0 Å². The van der Waals surface area contributed by atoms with Crippen LogP contribution in [0.3, 0.4) is 0 Å². The molecule has 0 saturated heterocycles. The molecule has 0 atom stereocenters. The van der Waals surface area contributed by atoms with Crippen LogP contribution in [0.15, 0.2) is 36.5 Å². The molecule has 0 aliphatic heterocycles. The van der Waals surface area contributed by atoms with E-state index in [1.807, 2.05) is 44.2 Å². The SMILES string of the molecule is CCc1nc(NC(=O)c2cnn(-c3ccccc3)c2C)sc1C. The molecule has 0 aliphatic carbocycles. The van der Waals surface area contributed by atoms with Crippen molar-refractivity contribution in [1.29, 1.82) is 0 Å². The number of anilines is 1. The Morgan fingerprint density at radius 3 is 2.65 bits per heavy atom. The number of amides is 1. The lowest BCUT2D eigenvalue weighted by atomic mass is 10.2. The summed E-state index contributed by atoms with van der Waals surface area (Å²) < 4.78 is 1.76. The number of benzene rings is 1. The minimum absolute atomic E-state index is 0.180. The number of nitrogens with one attached hydrogen (secondary N) is 1. The first kappa shape index (κ1) is 15.4. The highest BCUT2D eigenvalue weighted by Crippen LogP contribution is 2.23. The van der Waals surface area contributed by atoms with Gasteiger partial charge in [0.2, 0.25) is 0 Å². The van der Waals surface area contributed by atoms with Crippen LogP contribution in [0.2, 0.25) is 0 Å². The zero-order valence-corrected chi connectivity index (χ0v) is 14.1. The first-order valence-electron chi connectivity index (χ1n) is 7.48. The predicted molar refractivity (Wildman–Crippen MR) is 92.5 cm³/mol. The number of hydrogen-bond acceptors (Lipinski definition) is 4. The van der Waals surface area contributed by atoms with Crippen molar-refractivity contribution in [2.75, 3.05) is 5.32 Å². The standard InChI is InChI=1S/C17H18N4OS/c1-4-15-12(3)23-17(19-15)20-16(22)14-10-18-21(11(14)2)13-8-6-5-7-9-13/h5-10H,4H2,1-3H3,(H,19,20,22). The Balaban J connectivity index is 1.84. The Bertz CT molecular complexity index is 836. The van der Waals surface area contributed by atoms with Crippen molar-refractivity contribution in [1.82, 2.24) is 14.8 Å². The lowest BCUT2D eigenvalue weighted by Gasteiger charge is -2.05. The third kappa shape index (κ3) is 3.03. The number of aryl methyl sites for hydroxylation is 2. The minimum atomic E-state index is -0.180. The van der Waals surface area contributed by atoms with Crippen molar-refractivity contribution >= 4 is 22.4 Å². The second kappa shape index (κ2) is 6.34. The molecule has 23 heavy (non-hydrogen) atoms. The largest absolute Gasteiger partial charge is 0.298 e. The van der Waals surface area contributed by atoms with Crippen LogP contribution in [-0.2, 0) is 6.42 Å². The fourth-order valence-corrected chi connectivity index (χ4v) is 3.33. The van der Waals surface area contributed by atoms with Gasteiger partial charge in [-0.15, -0.1) is 11.3 Å². The lowest BCUT2D eigenvalue weighted by Crippen LogP contribution is -2.13. The maximum atomic E-state index is 12.5. The summed E-state index contributed by atoms with van der Waals surface area (Å²) in [5.41, 5.74) is 3.32. The average molecular weight is 326 g/mol. The van der Waals surface area contributed by atoms with Gasteiger partial charge in [0, 0.05) is 4.88 Å². The smallest absolute Gasteiger partial charge is 0.260 e. The zero-order chi connectivity index (χ0) is 16.4. The highest BCUT2D eigenvalue weighted by Gasteiger charge is 2.17. The summed E-state index contributed by atoms with van der Waals surface area (Å²) in [6, 6.07) is 9.76. The summed E-state index contributed by atoms with van der Waals surface area (Å²) in [6.07, 6.45) is 2.46. The molecule has 1 amide bonds. The van der Waals surface area contributed by atoms with E-state index in [2.05, 4.69) is 22.3 Å². The highest BCUT2D eigenvalue weighted by molar-refractivity contribution is 7.15. The van der Waals surface area contributed by atoms with E-state index in [1.165, 1.54) is 11.3 Å². The molecule has 5 nitrogen and oxygen atoms in total. The van der Waals surface area contributed by atoms with Gasteiger partial charge in [0.05, 0.1) is 28.8 Å². The quantitative estimate of drug-likeness (QED) is 0.794. The minimum Gasteiger partial charge on any atom is -0.298 e. The van der Waals surface area contributed by atoms with Gasteiger partial charge >= 0.3 is 0 Å². The molecule has 0 bridgehead atoms. The normalized spacial score (nSPS) is 10.7. The Morgan fingerprint density at radius 2 is 2.00 bits per heavy atom. The molecule has 3 aromatic rings. The fourth-order valence-electron chi connectivity index (χ4n) is 2.44. The summed E-state index contributed by atoms with van der Waals surface area (Å²) in [6.45, 7) is 5.96. The van der Waals surface area contributed by atoms with Gasteiger partial charge in [-0.1, -0.05) is 25.1 Å². The van der Waals surface area contributed by atoms with E-state index < -0.39 is 0 Å². The molecular weight excluding hydrogens is 308 g/mol. The van der Waals surface area contributed by atoms with Crippen LogP contribution in [-0.4, -0.2) is 20.7 Å². The molecule has 0 aliphatic rings. The molecule has 0 saturated carbocycles. The monoisotopic (exact) mass is 326 g/mol. The molecule has 0 fully saturated rings. The number of rotatable bonds is 4. The second-order valence-corrected chi connectivity index (χ2v) is 6.42. The molecule has 1 aromatic carbocycles. The maximum Gasteiger partial charge on any atom is 0.260 e. The lowest BCUT2D eigenvalue weighted by molar-refractivity contribution is 0.102. The van der Waals surface area contributed by atoms with E-state index in [-0.39, 0.29) is 5.91 Å². The van der Waals surface area contributed by atoms with E-state index >= 15 is 0 Å². The third-order valence-electron chi connectivity index (χ3n) is 3.70. The Hall–Kier alpha value is -2.47. The molecule has 2 heterocycles. The summed E-state index contributed by atoms with van der Waals surface area (Å²) in [5.74, 6) is -0.180. The fraction of sp³-hybridized carbons (Fsp3) is 0.235. The molecule has 3 rings (SSSR count). The van der Waals surface area contributed by atoms with Crippen molar-refractivity contribution in [3.8, 4) is 5.69 Å². The summed E-state index contributed by atoms with van der Waals surface area (Å²) >= 11 is 1.50. The third-order valence-corrected chi connectivity index (χ3v) is 4.63. The molecule has 2 aromatic heterocycles. The van der Waals surface area contributed by atoms with Gasteiger partial charge in [-0.05, 0) is 32.4 Å². The molecule has 0 unspecified atom stereocenters. The number of thiazole rings is 1. The van der Waals surface area contributed by atoms with E-state index in [1.54, 1.807) is 10.9 Å². The molecular formula is C17H18N4OS. The van der Waals surface area contributed by atoms with Crippen molar-refractivity contribution < 1.29 is 4.79 Å².